The van der Waals surface area contributed by atoms with Gasteiger partial charge in [-0.2, -0.15) is 0 Å². The van der Waals surface area contributed by atoms with E-state index in [0.717, 1.165) is 12.8 Å². The molecule has 2 nitrogen and oxygen atoms in total. The third-order valence-corrected chi connectivity index (χ3v) is 1.77. The first-order chi connectivity index (χ1) is 5.20. The molecule has 0 fully saturated rings. The van der Waals surface area contributed by atoms with E-state index < -0.39 is 0 Å². The highest BCUT2D eigenvalue weighted by Gasteiger charge is 2.05. The molecule has 0 spiro atoms. The van der Waals surface area contributed by atoms with Crippen molar-refractivity contribution in [3.63, 3.8) is 0 Å². The maximum Gasteiger partial charge on any atom is 0.105 e. The minimum absolute atomic E-state index is 0.0677. The second-order valence-corrected chi connectivity index (χ2v) is 3.04. The van der Waals surface area contributed by atoms with Gasteiger partial charge in [0.1, 0.15) is 6.23 Å². The summed E-state index contributed by atoms with van der Waals surface area (Å²) in [6, 6.07) is 0. The molecule has 2 unspecified atom stereocenters. The molecule has 11 heavy (non-hydrogen) atoms. The zero-order chi connectivity index (χ0) is 8.69. The van der Waals surface area contributed by atoms with Crippen molar-refractivity contribution in [1.29, 1.82) is 0 Å². The van der Waals surface area contributed by atoms with Crippen molar-refractivity contribution in [3.05, 3.63) is 0 Å². The quantitative estimate of drug-likeness (QED) is 0.603. The van der Waals surface area contributed by atoms with Gasteiger partial charge >= 0.3 is 0 Å². The van der Waals surface area contributed by atoms with Crippen LogP contribution in [0.3, 0.4) is 0 Å². The van der Waals surface area contributed by atoms with Gasteiger partial charge in [0.2, 0.25) is 0 Å². The number of hydrogen-bond donors (Lipinski definition) is 1. The van der Waals surface area contributed by atoms with Crippen molar-refractivity contribution in [2.75, 3.05) is 0 Å². The zero-order valence-electron chi connectivity index (χ0n) is 7.97. The third-order valence-electron chi connectivity index (χ3n) is 1.77. The Labute approximate surface area is 70.1 Å². The van der Waals surface area contributed by atoms with Gasteiger partial charge in [-0.3, -0.25) is 0 Å². The minimum Gasteiger partial charge on any atom is -0.361 e. The SMILES string of the molecule is CCCCC(C)OC(N)CC. The highest BCUT2D eigenvalue weighted by molar-refractivity contribution is 4.52. The lowest BCUT2D eigenvalue weighted by atomic mass is 10.2. The second kappa shape index (κ2) is 6.62. The van der Waals surface area contributed by atoms with Gasteiger partial charge in [-0.05, 0) is 19.8 Å². The summed E-state index contributed by atoms with van der Waals surface area (Å²) in [4.78, 5) is 0. The Morgan fingerprint density at radius 1 is 1.36 bits per heavy atom. The summed E-state index contributed by atoms with van der Waals surface area (Å²) in [6.07, 6.45) is 4.75. The largest absolute Gasteiger partial charge is 0.361 e. The van der Waals surface area contributed by atoms with E-state index >= 15 is 0 Å². The zero-order valence-corrected chi connectivity index (χ0v) is 7.97. The van der Waals surface area contributed by atoms with Crippen molar-refractivity contribution < 1.29 is 4.74 Å². The van der Waals surface area contributed by atoms with Crippen molar-refractivity contribution in [2.45, 2.75) is 58.8 Å². The van der Waals surface area contributed by atoms with Crippen LogP contribution in [0.1, 0.15) is 46.5 Å². The van der Waals surface area contributed by atoms with E-state index in [-0.39, 0.29) is 6.23 Å². The van der Waals surface area contributed by atoms with Gasteiger partial charge in [-0.25, -0.2) is 0 Å². The van der Waals surface area contributed by atoms with Crippen LogP contribution in [0.15, 0.2) is 0 Å². The number of rotatable bonds is 6. The van der Waals surface area contributed by atoms with E-state index in [0.29, 0.717) is 6.10 Å². The Kier molecular flexibility index (Phi) is 6.57. The summed E-state index contributed by atoms with van der Waals surface area (Å²) < 4.78 is 5.48. The molecule has 0 rings (SSSR count). The molecule has 0 aliphatic heterocycles. The van der Waals surface area contributed by atoms with Gasteiger partial charge in [-0.1, -0.05) is 26.7 Å². The molecule has 0 bridgehead atoms. The smallest absolute Gasteiger partial charge is 0.105 e. The molecule has 0 aromatic heterocycles. The average molecular weight is 159 g/mol. The van der Waals surface area contributed by atoms with E-state index in [2.05, 4.69) is 13.8 Å². The fraction of sp³-hybridized carbons (Fsp3) is 1.00. The third kappa shape index (κ3) is 6.32. The molecule has 2 atom stereocenters. The van der Waals surface area contributed by atoms with E-state index in [4.69, 9.17) is 10.5 Å². The fourth-order valence-electron chi connectivity index (χ4n) is 0.954. The Morgan fingerprint density at radius 2 is 2.00 bits per heavy atom. The predicted octanol–water partition coefficient (Wildman–Crippen LogP) is 2.28. The summed E-state index contributed by atoms with van der Waals surface area (Å²) in [6.45, 7) is 6.31. The molecule has 0 amide bonds. The molecule has 0 aliphatic carbocycles. The molecule has 2 heteroatoms. The Balaban J connectivity index is 3.27. The van der Waals surface area contributed by atoms with Gasteiger partial charge in [0.05, 0.1) is 6.10 Å². The summed E-state index contributed by atoms with van der Waals surface area (Å²) in [5.74, 6) is 0. The standard InChI is InChI=1S/C9H21NO/c1-4-6-7-8(3)11-9(10)5-2/h8-9H,4-7,10H2,1-3H3. The van der Waals surface area contributed by atoms with Gasteiger partial charge in [-0.15, -0.1) is 0 Å². The highest BCUT2D eigenvalue weighted by Crippen LogP contribution is 2.05. The second-order valence-electron chi connectivity index (χ2n) is 3.04. The van der Waals surface area contributed by atoms with Crippen LogP contribution in [0.2, 0.25) is 0 Å². The minimum atomic E-state index is -0.0677. The molecule has 0 saturated carbocycles. The van der Waals surface area contributed by atoms with Crippen molar-refractivity contribution in [3.8, 4) is 0 Å². The Bertz CT molecular complexity index is 85.6. The van der Waals surface area contributed by atoms with E-state index in [1.54, 1.807) is 0 Å². The molecular weight excluding hydrogens is 138 g/mol. The lowest BCUT2D eigenvalue weighted by molar-refractivity contribution is -0.00515. The van der Waals surface area contributed by atoms with Crippen LogP contribution in [0.4, 0.5) is 0 Å². The number of nitrogens with two attached hydrogens (primary N) is 1. The van der Waals surface area contributed by atoms with Crippen LogP contribution in [-0.2, 0) is 4.74 Å². The normalized spacial score (nSPS) is 16.4. The molecule has 0 saturated heterocycles. The van der Waals surface area contributed by atoms with Gasteiger partial charge in [0.25, 0.3) is 0 Å². The molecule has 0 aliphatic rings. The summed E-state index contributed by atoms with van der Waals surface area (Å²) in [7, 11) is 0. The topological polar surface area (TPSA) is 35.2 Å². The van der Waals surface area contributed by atoms with Crippen LogP contribution in [0.5, 0.6) is 0 Å². The van der Waals surface area contributed by atoms with Crippen molar-refractivity contribution in [2.24, 2.45) is 5.73 Å². The van der Waals surface area contributed by atoms with Crippen LogP contribution in [0.25, 0.3) is 0 Å². The molecule has 68 valence electrons. The molecule has 0 aromatic carbocycles. The van der Waals surface area contributed by atoms with Crippen LogP contribution in [0, 0.1) is 0 Å². The molecule has 0 aromatic rings. The summed E-state index contributed by atoms with van der Waals surface area (Å²) in [5, 5.41) is 0. The first kappa shape index (κ1) is 10.9. The lowest BCUT2D eigenvalue weighted by Gasteiger charge is -2.17. The Hall–Kier alpha value is -0.0800. The molecule has 0 radical (unpaired) electrons. The first-order valence-electron chi connectivity index (χ1n) is 4.61. The van der Waals surface area contributed by atoms with Crippen molar-refractivity contribution in [1.82, 2.24) is 0 Å². The van der Waals surface area contributed by atoms with E-state index in [1.165, 1.54) is 12.8 Å². The fourth-order valence-corrected chi connectivity index (χ4v) is 0.954. The maximum absolute atomic E-state index is 5.62. The molecule has 2 N–H and O–H groups in total. The number of unbranched alkanes of at least 4 members (excludes halogenated alkanes) is 1. The van der Waals surface area contributed by atoms with Crippen molar-refractivity contribution >= 4 is 0 Å². The Morgan fingerprint density at radius 3 is 2.45 bits per heavy atom. The van der Waals surface area contributed by atoms with E-state index in [1.807, 2.05) is 6.92 Å². The summed E-state index contributed by atoms with van der Waals surface area (Å²) >= 11 is 0. The van der Waals surface area contributed by atoms with Crippen LogP contribution in [-0.4, -0.2) is 12.3 Å². The monoisotopic (exact) mass is 159 g/mol. The number of ether oxygens (including phenoxy) is 1. The van der Waals surface area contributed by atoms with Gasteiger partial charge in [0.15, 0.2) is 0 Å². The van der Waals surface area contributed by atoms with Crippen LogP contribution < -0.4 is 5.73 Å². The van der Waals surface area contributed by atoms with Gasteiger partial charge < -0.3 is 10.5 Å². The first-order valence-corrected chi connectivity index (χ1v) is 4.61. The van der Waals surface area contributed by atoms with Gasteiger partial charge in [0, 0.05) is 0 Å². The summed E-state index contributed by atoms with van der Waals surface area (Å²) in [5.41, 5.74) is 5.62. The maximum atomic E-state index is 5.62. The lowest BCUT2D eigenvalue weighted by Crippen LogP contribution is -2.27. The molecule has 0 heterocycles. The van der Waals surface area contributed by atoms with E-state index in [9.17, 15) is 0 Å². The highest BCUT2D eigenvalue weighted by atomic mass is 16.5. The average Bonchev–Trinajstić information content (AvgIpc) is 2.00. The predicted molar refractivity (Wildman–Crippen MR) is 48.3 cm³/mol. The number of hydrogen-bond acceptors (Lipinski definition) is 2. The van der Waals surface area contributed by atoms with Crippen LogP contribution >= 0.6 is 0 Å². The molecular formula is C9H21NO.